The van der Waals surface area contributed by atoms with Crippen LogP contribution >= 0.6 is 0 Å². The first-order valence-corrected chi connectivity index (χ1v) is 8.20. The third-order valence-electron chi connectivity index (χ3n) is 3.85. The molecule has 25 heavy (non-hydrogen) atoms. The number of benzene rings is 1. The lowest BCUT2D eigenvalue weighted by Gasteiger charge is -2.34. The molecule has 7 nitrogen and oxygen atoms in total. The fourth-order valence-corrected chi connectivity index (χ4v) is 2.53. The maximum Gasteiger partial charge on any atom is 0.409 e. The summed E-state index contributed by atoms with van der Waals surface area (Å²) in [6.07, 6.45) is -0.361. The van der Waals surface area contributed by atoms with Crippen molar-refractivity contribution in [2.75, 3.05) is 39.3 Å². The second-order valence-corrected chi connectivity index (χ2v) is 5.65. The van der Waals surface area contributed by atoms with E-state index in [1.165, 1.54) is 18.2 Å². The predicted octanol–water partition coefficient (Wildman–Crippen LogP) is 0.785. The van der Waals surface area contributed by atoms with Crippen LogP contribution in [0.15, 0.2) is 24.3 Å². The number of hydrogen-bond acceptors (Lipinski definition) is 4. The molecule has 3 amide bonds. The second kappa shape index (κ2) is 9.00. The Hall–Kier alpha value is -2.64. The van der Waals surface area contributed by atoms with E-state index in [9.17, 15) is 18.8 Å². The highest BCUT2D eigenvalue weighted by Gasteiger charge is 2.24. The van der Waals surface area contributed by atoms with Crippen molar-refractivity contribution in [3.63, 3.8) is 0 Å². The molecule has 1 saturated heterocycles. The van der Waals surface area contributed by atoms with Gasteiger partial charge < -0.3 is 19.9 Å². The lowest BCUT2D eigenvalue weighted by molar-refractivity contribution is -0.134. The molecule has 1 heterocycles. The minimum absolute atomic E-state index is 0.0156. The third kappa shape index (κ3) is 5.74. The highest BCUT2D eigenvalue weighted by Crippen LogP contribution is 2.05. The van der Waals surface area contributed by atoms with Crippen LogP contribution in [-0.2, 0) is 20.7 Å². The third-order valence-corrected chi connectivity index (χ3v) is 3.85. The minimum Gasteiger partial charge on any atom is -0.450 e. The molecule has 0 saturated carbocycles. The normalized spacial score (nSPS) is 14.2. The van der Waals surface area contributed by atoms with Crippen molar-refractivity contribution in [2.45, 2.75) is 13.3 Å². The fourth-order valence-electron chi connectivity index (χ4n) is 2.53. The number of ether oxygens (including phenoxy) is 1. The number of nitrogens with one attached hydrogen (secondary N) is 1. The van der Waals surface area contributed by atoms with Crippen molar-refractivity contribution in [1.29, 1.82) is 0 Å². The Kier molecular flexibility index (Phi) is 6.73. The Morgan fingerprint density at radius 2 is 1.84 bits per heavy atom. The van der Waals surface area contributed by atoms with E-state index < -0.39 is 5.82 Å². The van der Waals surface area contributed by atoms with E-state index in [0.29, 0.717) is 38.3 Å². The van der Waals surface area contributed by atoms with E-state index in [-0.39, 0.29) is 30.9 Å². The van der Waals surface area contributed by atoms with Gasteiger partial charge in [0.05, 0.1) is 19.6 Å². The predicted molar refractivity (Wildman–Crippen MR) is 88.3 cm³/mol. The van der Waals surface area contributed by atoms with Crippen LogP contribution in [0.3, 0.4) is 0 Å². The lowest BCUT2D eigenvalue weighted by Crippen LogP contribution is -2.52. The number of carbonyl (C=O) groups is 3. The quantitative estimate of drug-likeness (QED) is 0.851. The van der Waals surface area contributed by atoms with Crippen LogP contribution in [0.2, 0.25) is 0 Å². The second-order valence-electron chi connectivity index (χ2n) is 5.65. The fraction of sp³-hybridized carbons (Fsp3) is 0.471. The molecule has 136 valence electrons. The molecule has 0 spiro atoms. The van der Waals surface area contributed by atoms with Gasteiger partial charge in [-0.25, -0.2) is 9.18 Å². The van der Waals surface area contributed by atoms with Gasteiger partial charge in [0.15, 0.2) is 0 Å². The summed E-state index contributed by atoms with van der Waals surface area (Å²) in [5.74, 6) is -0.957. The molecular weight excluding hydrogens is 329 g/mol. The molecule has 0 unspecified atom stereocenters. The summed E-state index contributed by atoms with van der Waals surface area (Å²) in [7, 11) is 0. The monoisotopic (exact) mass is 351 g/mol. The van der Waals surface area contributed by atoms with E-state index in [1.54, 1.807) is 22.8 Å². The van der Waals surface area contributed by atoms with Gasteiger partial charge in [-0.2, -0.15) is 0 Å². The van der Waals surface area contributed by atoms with E-state index >= 15 is 0 Å². The first-order chi connectivity index (χ1) is 12.0. The number of carbonyl (C=O) groups excluding carboxylic acids is 3. The van der Waals surface area contributed by atoms with Crippen LogP contribution in [0.4, 0.5) is 9.18 Å². The van der Waals surface area contributed by atoms with Crippen LogP contribution in [0.1, 0.15) is 12.5 Å². The molecule has 1 aromatic rings. The van der Waals surface area contributed by atoms with E-state index in [2.05, 4.69) is 5.32 Å². The van der Waals surface area contributed by atoms with Crippen molar-refractivity contribution in [1.82, 2.24) is 15.1 Å². The largest absolute Gasteiger partial charge is 0.450 e. The number of amides is 3. The molecule has 0 atom stereocenters. The Bertz CT molecular complexity index is 630. The van der Waals surface area contributed by atoms with Gasteiger partial charge in [-0.1, -0.05) is 12.1 Å². The SMILES string of the molecule is CCOC(=O)N1CCN(C(=O)CNC(=O)Cc2cccc(F)c2)CC1. The smallest absolute Gasteiger partial charge is 0.409 e. The Balaban J connectivity index is 1.72. The topological polar surface area (TPSA) is 79.0 Å². The Morgan fingerprint density at radius 3 is 2.48 bits per heavy atom. The Labute approximate surface area is 145 Å². The van der Waals surface area contributed by atoms with E-state index in [1.807, 2.05) is 0 Å². The molecule has 0 radical (unpaired) electrons. The van der Waals surface area contributed by atoms with Gasteiger partial charge in [0.2, 0.25) is 11.8 Å². The number of hydrogen-bond donors (Lipinski definition) is 1. The maximum atomic E-state index is 13.1. The molecule has 2 rings (SSSR count). The van der Waals surface area contributed by atoms with Crippen molar-refractivity contribution < 1.29 is 23.5 Å². The number of rotatable bonds is 5. The number of piperazine rings is 1. The van der Waals surface area contributed by atoms with Crippen molar-refractivity contribution in [3.05, 3.63) is 35.6 Å². The molecule has 1 fully saturated rings. The summed E-state index contributed by atoms with van der Waals surface area (Å²) in [4.78, 5) is 38.7. The summed E-state index contributed by atoms with van der Waals surface area (Å²) in [5.41, 5.74) is 0.549. The summed E-state index contributed by atoms with van der Waals surface area (Å²) in [6, 6.07) is 5.78. The van der Waals surface area contributed by atoms with Crippen LogP contribution in [0.5, 0.6) is 0 Å². The van der Waals surface area contributed by atoms with Gasteiger partial charge >= 0.3 is 6.09 Å². The molecule has 1 N–H and O–H groups in total. The number of nitrogens with zero attached hydrogens (tertiary/aromatic N) is 2. The standard InChI is InChI=1S/C17H22FN3O4/c1-2-25-17(24)21-8-6-20(7-9-21)16(23)12-19-15(22)11-13-4-3-5-14(18)10-13/h3-5,10H,2,6-9,11-12H2,1H3,(H,19,22). The summed E-state index contributed by atoms with van der Waals surface area (Å²) in [5, 5.41) is 2.54. The summed E-state index contributed by atoms with van der Waals surface area (Å²) < 4.78 is 18.0. The van der Waals surface area contributed by atoms with Crippen molar-refractivity contribution >= 4 is 17.9 Å². The molecule has 1 aliphatic rings. The zero-order valence-electron chi connectivity index (χ0n) is 14.2. The van der Waals surface area contributed by atoms with Crippen molar-refractivity contribution in [2.24, 2.45) is 0 Å². The lowest BCUT2D eigenvalue weighted by atomic mass is 10.1. The van der Waals surface area contributed by atoms with Gasteiger partial charge in [0, 0.05) is 26.2 Å². The zero-order chi connectivity index (χ0) is 18.2. The zero-order valence-corrected chi connectivity index (χ0v) is 14.2. The van der Waals surface area contributed by atoms with Crippen molar-refractivity contribution in [3.8, 4) is 0 Å². The molecule has 1 aromatic carbocycles. The van der Waals surface area contributed by atoms with Gasteiger partial charge in [0.1, 0.15) is 5.82 Å². The molecule has 0 aliphatic carbocycles. The van der Waals surface area contributed by atoms with Gasteiger partial charge in [-0.3, -0.25) is 9.59 Å². The average molecular weight is 351 g/mol. The minimum atomic E-state index is -0.402. The van der Waals surface area contributed by atoms with Gasteiger partial charge in [-0.05, 0) is 24.6 Å². The first-order valence-electron chi connectivity index (χ1n) is 8.20. The molecule has 0 aromatic heterocycles. The molecule has 8 heteroatoms. The van der Waals surface area contributed by atoms with Crippen LogP contribution in [0, 0.1) is 5.82 Å². The average Bonchev–Trinajstić information content (AvgIpc) is 2.60. The molecule has 0 bridgehead atoms. The Morgan fingerprint density at radius 1 is 1.16 bits per heavy atom. The van der Waals surface area contributed by atoms with Gasteiger partial charge in [0.25, 0.3) is 0 Å². The first kappa shape index (κ1) is 18.7. The van der Waals surface area contributed by atoms with Crippen LogP contribution in [0.25, 0.3) is 0 Å². The number of halogens is 1. The van der Waals surface area contributed by atoms with E-state index in [0.717, 1.165) is 0 Å². The highest BCUT2D eigenvalue weighted by atomic mass is 19.1. The van der Waals surface area contributed by atoms with Gasteiger partial charge in [-0.15, -0.1) is 0 Å². The summed E-state index contributed by atoms with van der Waals surface area (Å²) in [6.45, 7) is 3.55. The summed E-state index contributed by atoms with van der Waals surface area (Å²) >= 11 is 0. The van der Waals surface area contributed by atoms with Crippen LogP contribution < -0.4 is 5.32 Å². The maximum absolute atomic E-state index is 13.1. The molecular formula is C17H22FN3O4. The van der Waals surface area contributed by atoms with Crippen LogP contribution in [-0.4, -0.2) is 67.0 Å². The van der Waals surface area contributed by atoms with E-state index in [4.69, 9.17) is 4.74 Å². The highest BCUT2D eigenvalue weighted by molar-refractivity contribution is 5.85. The molecule has 1 aliphatic heterocycles.